The van der Waals surface area contributed by atoms with E-state index in [9.17, 15) is 0 Å². The molecule has 2 heteroatoms. The maximum Gasteiger partial charge on any atom is 0.122 e. The lowest BCUT2D eigenvalue weighted by atomic mass is 10.0. The molecule has 0 saturated carbocycles. The lowest BCUT2D eigenvalue weighted by Crippen LogP contribution is -1.99. The van der Waals surface area contributed by atoms with E-state index in [0.717, 1.165) is 11.4 Å². The van der Waals surface area contributed by atoms with Crippen molar-refractivity contribution >= 4 is 5.69 Å². The number of hydrogen-bond donors (Lipinski definition) is 1. The van der Waals surface area contributed by atoms with Gasteiger partial charge in [0, 0.05) is 5.69 Å². The average molecular weight is 179 g/mol. The van der Waals surface area contributed by atoms with Crippen LogP contribution in [0.3, 0.4) is 0 Å². The lowest BCUT2D eigenvalue weighted by Gasteiger charge is -2.13. The number of anilines is 1. The topological polar surface area (TPSA) is 35.2 Å². The molecular formula is C11H17NO. The molecule has 0 atom stereocenters. The van der Waals surface area contributed by atoms with Crippen LogP contribution < -0.4 is 10.5 Å². The maximum absolute atomic E-state index is 5.71. The third-order valence-corrected chi connectivity index (χ3v) is 1.96. The SMILES string of the molecule is CCOc1ccc(N)cc1C(C)C. The highest BCUT2D eigenvalue weighted by Gasteiger charge is 2.07. The molecule has 0 radical (unpaired) electrons. The van der Waals surface area contributed by atoms with Crippen molar-refractivity contribution in [2.75, 3.05) is 12.3 Å². The summed E-state index contributed by atoms with van der Waals surface area (Å²) in [5.41, 5.74) is 7.69. The Morgan fingerprint density at radius 3 is 2.62 bits per heavy atom. The Morgan fingerprint density at radius 2 is 2.08 bits per heavy atom. The van der Waals surface area contributed by atoms with E-state index >= 15 is 0 Å². The van der Waals surface area contributed by atoms with Crippen LogP contribution in [-0.4, -0.2) is 6.61 Å². The molecular weight excluding hydrogens is 162 g/mol. The van der Waals surface area contributed by atoms with E-state index in [2.05, 4.69) is 13.8 Å². The molecule has 72 valence electrons. The third-order valence-electron chi connectivity index (χ3n) is 1.96. The Bertz CT molecular complexity index is 281. The molecule has 0 bridgehead atoms. The van der Waals surface area contributed by atoms with Crippen molar-refractivity contribution in [2.24, 2.45) is 0 Å². The summed E-state index contributed by atoms with van der Waals surface area (Å²) in [4.78, 5) is 0. The van der Waals surface area contributed by atoms with Crippen molar-refractivity contribution in [3.63, 3.8) is 0 Å². The first-order valence-corrected chi connectivity index (χ1v) is 4.67. The summed E-state index contributed by atoms with van der Waals surface area (Å²) in [7, 11) is 0. The summed E-state index contributed by atoms with van der Waals surface area (Å²) in [6.45, 7) is 6.96. The molecule has 1 aromatic rings. The minimum absolute atomic E-state index is 0.449. The number of benzene rings is 1. The zero-order valence-electron chi connectivity index (χ0n) is 8.50. The number of nitrogens with two attached hydrogens (primary N) is 1. The minimum atomic E-state index is 0.449. The van der Waals surface area contributed by atoms with Gasteiger partial charge in [0.2, 0.25) is 0 Å². The predicted octanol–water partition coefficient (Wildman–Crippen LogP) is 2.79. The zero-order chi connectivity index (χ0) is 9.84. The molecule has 0 aliphatic carbocycles. The van der Waals surface area contributed by atoms with Gasteiger partial charge in [0.25, 0.3) is 0 Å². The predicted molar refractivity (Wildman–Crippen MR) is 56.1 cm³/mol. The van der Waals surface area contributed by atoms with Gasteiger partial charge in [-0.1, -0.05) is 13.8 Å². The Morgan fingerprint density at radius 1 is 1.38 bits per heavy atom. The second-order valence-corrected chi connectivity index (χ2v) is 3.38. The van der Waals surface area contributed by atoms with Crippen molar-refractivity contribution in [1.29, 1.82) is 0 Å². The normalized spacial score (nSPS) is 10.5. The van der Waals surface area contributed by atoms with Crippen molar-refractivity contribution in [1.82, 2.24) is 0 Å². The molecule has 0 aromatic heterocycles. The van der Waals surface area contributed by atoms with Gasteiger partial charge in [-0.05, 0) is 36.6 Å². The summed E-state index contributed by atoms with van der Waals surface area (Å²) in [5.74, 6) is 1.40. The highest BCUT2D eigenvalue weighted by molar-refractivity contribution is 5.49. The highest BCUT2D eigenvalue weighted by atomic mass is 16.5. The van der Waals surface area contributed by atoms with E-state index in [1.807, 2.05) is 25.1 Å². The molecule has 2 N–H and O–H groups in total. The smallest absolute Gasteiger partial charge is 0.122 e. The average Bonchev–Trinajstić information content (AvgIpc) is 2.08. The first-order chi connectivity index (χ1) is 6.15. The first-order valence-electron chi connectivity index (χ1n) is 4.67. The molecule has 0 unspecified atom stereocenters. The fraction of sp³-hybridized carbons (Fsp3) is 0.455. The van der Waals surface area contributed by atoms with Crippen molar-refractivity contribution < 1.29 is 4.74 Å². The number of ether oxygens (including phenoxy) is 1. The molecule has 0 aliphatic heterocycles. The quantitative estimate of drug-likeness (QED) is 0.724. The van der Waals surface area contributed by atoms with Gasteiger partial charge in [0.05, 0.1) is 6.61 Å². The Kier molecular flexibility index (Phi) is 3.18. The van der Waals surface area contributed by atoms with Crippen LogP contribution in [0.2, 0.25) is 0 Å². The van der Waals surface area contributed by atoms with Crippen LogP contribution in [0.15, 0.2) is 18.2 Å². The molecule has 0 aliphatic rings. The number of nitrogen functional groups attached to an aromatic ring is 1. The van der Waals surface area contributed by atoms with E-state index in [4.69, 9.17) is 10.5 Å². The molecule has 2 nitrogen and oxygen atoms in total. The summed E-state index contributed by atoms with van der Waals surface area (Å²) in [6, 6.07) is 5.79. The lowest BCUT2D eigenvalue weighted by molar-refractivity contribution is 0.335. The highest BCUT2D eigenvalue weighted by Crippen LogP contribution is 2.28. The van der Waals surface area contributed by atoms with E-state index in [0.29, 0.717) is 12.5 Å². The van der Waals surface area contributed by atoms with Crippen molar-refractivity contribution in [2.45, 2.75) is 26.7 Å². The van der Waals surface area contributed by atoms with Crippen LogP contribution >= 0.6 is 0 Å². The fourth-order valence-corrected chi connectivity index (χ4v) is 1.31. The molecule has 0 spiro atoms. The van der Waals surface area contributed by atoms with Gasteiger partial charge in [-0.2, -0.15) is 0 Å². The molecule has 0 fully saturated rings. The van der Waals surface area contributed by atoms with Gasteiger partial charge in [-0.25, -0.2) is 0 Å². The van der Waals surface area contributed by atoms with Crippen molar-refractivity contribution in [3.05, 3.63) is 23.8 Å². The molecule has 13 heavy (non-hydrogen) atoms. The second-order valence-electron chi connectivity index (χ2n) is 3.38. The third kappa shape index (κ3) is 2.38. The standard InChI is InChI=1S/C11H17NO/c1-4-13-11-6-5-9(12)7-10(11)8(2)3/h5-8H,4,12H2,1-3H3. The van der Waals surface area contributed by atoms with Crippen molar-refractivity contribution in [3.8, 4) is 5.75 Å². The maximum atomic E-state index is 5.71. The zero-order valence-corrected chi connectivity index (χ0v) is 8.50. The van der Waals surface area contributed by atoms with E-state index in [1.54, 1.807) is 0 Å². The summed E-state index contributed by atoms with van der Waals surface area (Å²) >= 11 is 0. The number of hydrogen-bond acceptors (Lipinski definition) is 2. The van der Waals surface area contributed by atoms with E-state index in [-0.39, 0.29) is 0 Å². The molecule has 0 heterocycles. The van der Waals surface area contributed by atoms with Gasteiger partial charge in [0.1, 0.15) is 5.75 Å². The molecule has 1 aromatic carbocycles. The molecule has 1 rings (SSSR count). The minimum Gasteiger partial charge on any atom is -0.494 e. The van der Waals surface area contributed by atoms with Crippen LogP contribution in [0, 0.1) is 0 Å². The summed E-state index contributed by atoms with van der Waals surface area (Å²) < 4.78 is 5.50. The summed E-state index contributed by atoms with van der Waals surface area (Å²) in [6.07, 6.45) is 0. The largest absolute Gasteiger partial charge is 0.494 e. The van der Waals surface area contributed by atoms with Gasteiger partial charge in [-0.15, -0.1) is 0 Å². The van der Waals surface area contributed by atoms with Gasteiger partial charge < -0.3 is 10.5 Å². The van der Waals surface area contributed by atoms with Gasteiger partial charge in [-0.3, -0.25) is 0 Å². The monoisotopic (exact) mass is 179 g/mol. The second kappa shape index (κ2) is 4.17. The van der Waals surface area contributed by atoms with Crippen LogP contribution in [-0.2, 0) is 0 Å². The van der Waals surface area contributed by atoms with Crippen LogP contribution in [0.5, 0.6) is 5.75 Å². The first kappa shape index (κ1) is 9.90. The van der Waals surface area contributed by atoms with Crippen LogP contribution in [0.25, 0.3) is 0 Å². The molecule has 0 saturated heterocycles. The van der Waals surface area contributed by atoms with Gasteiger partial charge in [0.15, 0.2) is 0 Å². The Hall–Kier alpha value is -1.18. The Balaban J connectivity index is 3.03. The van der Waals surface area contributed by atoms with E-state index in [1.165, 1.54) is 5.56 Å². The summed E-state index contributed by atoms with van der Waals surface area (Å²) in [5, 5.41) is 0. The molecule has 0 amide bonds. The van der Waals surface area contributed by atoms with Crippen LogP contribution in [0.4, 0.5) is 5.69 Å². The fourth-order valence-electron chi connectivity index (χ4n) is 1.31. The Labute approximate surface area is 79.7 Å². The van der Waals surface area contributed by atoms with Crippen LogP contribution in [0.1, 0.15) is 32.3 Å². The number of rotatable bonds is 3. The van der Waals surface area contributed by atoms with Gasteiger partial charge >= 0.3 is 0 Å². The van der Waals surface area contributed by atoms with E-state index < -0.39 is 0 Å².